The summed E-state index contributed by atoms with van der Waals surface area (Å²) in [6, 6.07) is 12.7. The minimum Gasteiger partial charge on any atom is -0.377 e. The number of aromatic amines is 1. The maximum atomic E-state index is 13.2. The van der Waals surface area contributed by atoms with Crippen molar-refractivity contribution in [2.24, 2.45) is 0 Å². The molecule has 0 unspecified atom stereocenters. The first-order chi connectivity index (χ1) is 14.0. The van der Waals surface area contributed by atoms with Gasteiger partial charge in [0.2, 0.25) is 0 Å². The number of anilines is 1. The highest BCUT2D eigenvalue weighted by Gasteiger charge is 2.28. The van der Waals surface area contributed by atoms with Gasteiger partial charge >= 0.3 is 0 Å². The summed E-state index contributed by atoms with van der Waals surface area (Å²) in [5.41, 5.74) is 3.45. The zero-order chi connectivity index (χ0) is 20.5. The van der Waals surface area contributed by atoms with Crippen LogP contribution in [0.3, 0.4) is 0 Å². The van der Waals surface area contributed by atoms with Crippen LogP contribution in [0.2, 0.25) is 0 Å². The number of H-pyrrole nitrogens is 1. The lowest BCUT2D eigenvalue weighted by atomic mass is 9.89. The summed E-state index contributed by atoms with van der Waals surface area (Å²) in [5, 5.41) is 12.4. The predicted octanol–water partition coefficient (Wildman–Crippen LogP) is 4.16. The van der Waals surface area contributed by atoms with E-state index in [4.69, 9.17) is 0 Å². The van der Waals surface area contributed by atoms with Crippen molar-refractivity contribution in [2.45, 2.75) is 18.8 Å². The first kappa shape index (κ1) is 19.0. The molecule has 1 N–H and O–H groups in total. The highest BCUT2D eigenvalue weighted by atomic mass is 16.6. The van der Waals surface area contributed by atoms with Gasteiger partial charge in [0, 0.05) is 62.1 Å². The fraction of sp³-hybridized carbons (Fsp3) is 0.318. The second-order valence-corrected chi connectivity index (χ2v) is 7.71. The number of rotatable bonds is 4. The first-order valence-corrected chi connectivity index (χ1v) is 9.76. The molecule has 1 aliphatic rings. The van der Waals surface area contributed by atoms with Crippen LogP contribution in [0.25, 0.3) is 10.9 Å². The summed E-state index contributed by atoms with van der Waals surface area (Å²) in [5.74, 6) is 0.253. The number of nitrogens with one attached hydrogen (secondary N) is 1. The van der Waals surface area contributed by atoms with Gasteiger partial charge in [-0.05, 0) is 36.5 Å². The number of non-ortho nitro benzene ring substituents is 1. The van der Waals surface area contributed by atoms with Gasteiger partial charge in [-0.2, -0.15) is 0 Å². The van der Waals surface area contributed by atoms with Crippen LogP contribution in [0, 0.1) is 10.1 Å². The summed E-state index contributed by atoms with van der Waals surface area (Å²) in [6.45, 7) is 1.27. The topological polar surface area (TPSA) is 82.5 Å². The molecule has 3 aromatic rings. The largest absolute Gasteiger partial charge is 0.377 e. The Morgan fingerprint density at radius 1 is 1.17 bits per heavy atom. The Kier molecular flexibility index (Phi) is 4.96. The molecular formula is C22H24N4O3. The zero-order valence-electron chi connectivity index (χ0n) is 16.6. The Hall–Kier alpha value is -3.35. The number of carbonyl (C=O) groups excluding carboxylic acids is 1. The quantitative estimate of drug-likeness (QED) is 0.534. The summed E-state index contributed by atoms with van der Waals surface area (Å²) in [7, 11) is 3.67. The molecule has 2 aromatic carbocycles. The van der Waals surface area contributed by atoms with E-state index in [1.165, 1.54) is 23.1 Å². The lowest BCUT2D eigenvalue weighted by molar-refractivity contribution is -0.384. The maximum Gasteiger partial charge on any atom is 0.270 e. The van der Waals surface area contributed by atoms with E-state index in [9.17, 15) is 14.9 Å². The van der Waals surface area contributed by atoms with E-state index in [1.54, 1.807) is 6.07 Å². The first-order valence-electron chi connectivity index (χ1n) is 9.76. The SMILES string of the molecule is CN(C)c1ccc([N+](=O)[O-])cc1C(=O)N1CCC(c2c[nH]c3ccccc23)CC1. The van der Waals surface area contributed by atoms with Gasteiger partial charge in [-0.25, -0.2) is 0 Å². The van der Waals surface area contributed by atoms with Crippen LogP contribution in [0.5, 0.6) is 0 Å². The van der Waals surface area contributed by atoms with Gasteiger partial charge in [0.1, 0.15) is 0 Å². The Bertz CT molecular complexity index is 1060. The summed E-state index contributed by atoms with van der Waals surface area (Å²) < 4.78 is 0. The van der Waals surface area contributed by atoms with Crippen LogP contribution in [0.4, 0.5) is 11.4 Å². The van der Waals surface area contributed by atoms with Crippen LogP contribution < -0.4 is 4.90 Å². The minimum absolute atomic E-state index is 0.0624. The number of fused-ring (bicyclic) bond motifs is 1. The predicted molar refractivity (Wildman–Crippen MR) is 114 cm³/mol. The molecule has 0 bridgehead atoms. The number of amides is 1. The molecule has 4 rings (SSSR count). The van der Waals surface area contributed by atoms with E-state index < -0.39 is 4.92 Å². The smallest absolute Gasteiger partial charge is 0.270 e. The lowest BCUT2D eigenvalue weighted by Crippen LogP contribution is -2.38. The van der Waals surface area contributed by atoms with Crippen molar-refractivity contribution >= 4 is 28.2 Å². The molecule has 0 aliphatic carbocycles. The molecule has 150 valence electrons. The van der Waals surface area contributed by atoms with Gasteiger partial charge in [0.05, 0.1) is 10.5 Å². The molecule has 0 atom stereocenters. The van der Waals surface area contributed by atoms with Gasteiger partial charge in [-0.1, -0.05) is 18.2 Å². The number of hydrogen-bond acceptors (Lipinski definition) is 4. The van der Waals surface area contributed by atoms with Crippen molar-refractivity contribution < 1.29 is 9.72 Å². The number of para-hydroxylation sites is 1. The second-order valence-electron chi connectivity index (χ2n) is 7.71. The molecule has 0 radical (unpaired) electrons. The number of likely N-dealkylation sites (tertiary alicyclic amines) is 1. The molecule has 1 fully saturated rings. The Morgan fingerprint density at radius 3 is 2.59 bits per heavy atom. The number of nitrogens with zero attached hydrogens (tertiary/aromatic N) is 3. The normalized spacial score (nSPS) is 14.9. The van der Waals surface area contributed by atoms with Crippen LogP contribution in [0.15, 0.2) is 48.7 Å². The zero-order valence-corrected chi connectivity index (χ0v) is 16.6. The molecule has 1 saturated heterocycles. The molecule has 7 heteroatoms. The summed E-state index contributed by atoms with van der Waals surface area (Å²) in [4.78, 5) is 30.9. The van der Waals surface area contributed by atoms with E-state index >= 15 is 0 Å². The van der Waals surface area contributed by atoms with Crippen molar-refractivity contribution in [2.75, 3.05) is 32.1 Å². The number of hydrogen-bond donors (Lipinski definition) is 1. The van der Waals surface area contributed by atoms with Crippen molar-refractivity contribution in [3.05, 3.63) is 69.9 Å². The van der Waals surface area contributed by atoms with Crippen LogP contribution >= 0.6 is 0 Å². The van der Waals surface area contributed by atoms with Gasteiger partial charge in [0.25, 0.3) is 11.6 Å². The lowest BCUT2D eigenvalue weighted by Gasteiger charge is -2.33. The maximum absolute atomic E-state index is 13.2. The highest BCUT2D eigenvalue weighted by molar-refractivity contribution is 6.00. The van der Waals surface area contributed by atoms with Crippen LogP contribution in [-0.2, 0) is 0 Å². The van der Waals surface area contributed by atoms with Crippen molar-refractivity contribution in [1.82, 2.24) is 9.88 Å². The Morgan fingerprint density at radius 2 is 1.90 bits per heavy atom. The fourth-order valence-corrected chi connectivity index (χ4v) is 4.19. The Labute approximate surface area is 169 Å². The van der Waals surface area contributed by atoms with E-state index in [2.05, 4.69) is 23.3 Å². The van der Waals surface area contributed by atoms with Gasteiger partial charge < -0.3 is 14.8 Å². The second kappa shape index (κ2) is 7.58. The number of piperidine rings is 1. The standard InChI is InChI=1S/C22H24N4O3/c1-24(2)21-8-7-16(26(28)29)13-18(21)22(27)25-11-9-15(10-12-25)19-14-23-20-6-4-3-5-17(19)20/h3-8,13-15,23H,9-12H2,1-2H3. The van der Waals surface area contributed by atoms with Gasteiger partial charge in [-0.15, -0.1) is 0 Å². The van der Waals surface area contributed by atoms with Crippen molar-refractivity contribution in [3.63, 3.8) is 0 Å². The molecule has 1 aliphatic heterocycles. The fourth-order valence-electron chi connectivity index (χ4n) is 4.19. The molecule has 1 amide bonds. The third-order valence-electron chi connectivity index (χ3n) is 5.75. The van der Waals surface area contributed by atoms with Crippen molar-refractivity contribution in [1.29, 1.82) is 0 Å². The molecule has 1 aromatic heterocycles. The van der Waals surface area contributed by atoms with Gasteiger partial charge in [-0.3, -0.25) is 14.9 Å². The number of carbonyl (C=O) groups is 1. The van der Waals surface area contributed by atoms with E-state index in [0.717, 1.165) is 18.4 Å². The molecule has 29 heavy (non-hydrogen) atoms. The third kappa shape index (κ3) is 3.55. The third-order valence-corrected chi connectivity index (χ3v) is 5.75. The molecule has 7 nitrogen and oxygen atoms in total. The van der Waals surface area contributed by atoms with Crippen LogP contribution in [0.1, 0.15) is 34.7 Å². The average molecular weight is 392 g/mol. The van der Waals surface area contributed by atoms with E-state index in [1.807, 2.05) is 36.0 Å². The number of nitro groups is 1. The monoisotopic (exact) mass is 392 g/mol. The number of nitro benzene ring substituents is 1. The summed E-state index contributed by atoms with van der Waals surface area (Å²) in [6.07, 6.45) is 3.83. The summed E-state index contributed by atoms with van der Waals surface area (Å²) >= 11 is 0. The minimum atomic E-state index is -0.459. The molecular weight excluding hydrogens is 368 g/mol. The van der Waals surface area contributed by atoms with Crippen molar-refractivity contribution in [3.8, 4) is 0 Å². The van der Waals surface area contributed by atoms with Crippen LogP contribution in [-0.4, -0.2) is 47.9 Å². The number of aromatic nitrogens is 1. The molecule has 0 spiro atoms. The Balaban J connectivity index is 1.53. The molecule has 2 heterocycles. The van der Waals surface area contributed by atoms with E-state index in [-0.39, 0.29) is 11.6 Å². The van der Waals surface area contributed by atoms with Gasteiger partial charge in [0.15, 0.2) is 0 Å². The highest BCUT2D eigenvalue weighted by Crippen LogP contribution is 2.34. The average Bonchev–Trinajstić information content (AvgIpc) is 3.17. The molecule has 0 saturated carbocycles. The van der Waals surface area contributed by atoms with E-state index in [0.29, 0.717) is 30.3 Å². The number of benzene rings is 2.